The summed E-state index contributed by atoms with van der Waals surface area (Å²) in [5.41, 5.74) is 5.12. The predicted octanol–water partition coefficient (Wildman–Crippen LogP) is 0.434. The molecule has 5 nitrogen and oxygen atoms in total. The normalized spacial score (nSPS) is 29.6. The lowest BCUT2D eigenvalue weighted by Crippen LogP contribution is -2.44. The average molecular weight is 230 g/mol. The standard InChI is InChI=1S/C9H14N2O3S/c1-2-6-5-8(6)11(9(10)12)15(13,14)7-3-4-7/h2,6-8H,1,3-5H2,(H2,10,12). The van der Waals surface area contributed by atoms with Crippen molar-refractivity contribution in [2.45, 2.75) is 30.6 Å². The van der Waals surface area contributed by atoms with E-state index in [1.54, 1.807) is 6.08 Å². The first-order valence-electron chi connectivity index (χ1n) is 4.93. The van der Waals surface area contributed by atoms with Crippen LogP contribution in [0.25, 0.3) is 0 Å². The number of carbonyl (C=O) groups excluding carboxylic acids is 1. The highest BCUT2D eigenvalue weighted by atomic mass is 32.2. The molecule has 2 aliphatic carbocycles. The van der Waals surface area contributed by atoms with Gasteiger partial charge in [0, 0.05) is 5.92 Å². The van der Waals surface area contributed by atoms with E-state index < -0.39 is 21.3 Å². The molecule has 0 heterocycles. The summed E-state index contributed by atoms with van der Waals surface area (Å²) in [6.45, 7) is 3.58. The fraction of sp³-hybridized carbons (Fsp3) is 0.667. The number of rotatable bonds is 4. The molecule has 0 saturated heterocycles. The monoisotopic (exact) mass is 230 g/mol. The molecule has 2 amide bonds. The van der Waals surface area contributed by atoms with E-state index >= 15 is 0 Å². The number of hydrogen-bond donors (Lipinski definition) is 1. The van der Waals surface area contributed by atoms with Crippen LogP contribution < -0.4 is 5.73 Å². The van der Waals surface area contributed by atoms with Crippen LogP contribution in [-0.2, 0) is 10.0 Å². The summed E-state index contributed by atoms with van der Waals surface area (Å²) in [6.07, 6.45) is 3.59. The summed E-state index contributed by atoms with van der Waals surface area (Å²) in [6, 6.07) is -1.15. The van der Waals surface area contributed by atoms with Crippen LogP contribution in [0, 0.1) is 5.92 Å². The Morgan fingerprint density at radius 2 is 2.07 bits per heavy atom. The molecule has 2 aliphatic rings. The Kier molecular flexibility index (Phi) is 2.26. The molecule has 0 aromatic carbocycles. The zero-order valence-electron chi connectivity index (χ0n) is 8.30. The lowest BCUT2D eigenvalue weighted by atomic mass is 10.4. The van der Waals surface area contributed by atoms with Gasteiger partial charge in [0.25, 0.3) is 0 Å². The lowest BCUT2D eigenvalue weighted by molar-refractivity contribution is 0.230. The topological polar surface area (TPSA) is 80.5 Å². The van der Waals surface area contributed by atoms with E-state index in [0.29, 0.717) is 19.3 Å². The highest BCUT2D eigenvalue weighted by Crippen LogP contribution is 2.41. The number of urea groups is 1. The minimum atomic E-state index is -3.50. The Bertz CT molecular complexity index is 400. The van der Waals surface area contributed by atoms with E-state index in [4.69, 9.17) is 5.73 Å². The maximum absolute atomic E-state index is 11.9. The van der Waals surface area contributed by atoms with Gasteiger partial charge in [-0.15, -0.1) is 6.58 Å². The summed E-state index contributed by atoms with van der Waals surface area (Å²) in [4.78, 5) is 11.2. The molecule has 0 aromatic heterocycles. The van der Waals surface area contributed by atoms with Crippen molar-refractivity contribution in [1.29, 1.82) is 0 Å². The van der Waals surface area contributed by atoms with Gasteiger partial charge < -0.3 is 5.73 Å². The Balaban J connectivity index is 2.21. The van der Waals surface area contributed by atoms with Crippen LogP contribution >= 0.6 is 0 Å². The molecule has 2 N–H and O–H groups in total. The van der Waals surface area contributed by atoms with Crippen molar-refractivity contribution in [3.8, 4) is 0 Å². The van der Waals surface area contributed by atoms with Gasteiger partial charge in [-0.1, -0.05) is 6.08 Å². The number of primary amides is 1. The van der Waals surface area contributed by atoms with Crippen molar-refractivity contribution in [2.24, 2.45) is 11.7 Å². The second kappa shape index (κ2) is 3.23. The molecule has 0 spiro atoms. The number of sulfonamides is 1. The van der Waals surface area contributed by atoms with Crippen LogP contribution in [0.15, 0.2) is 12.7 Å². The Labute approximate surface area is 89.0 Å². The third-order valence-electron chi connectivity index (χ3n) is 2.85. The first-order chi connectivity index (χ1) is 6.98. The van der Waals surface area contributed by atoms with Crippen LogP contribution in [0.1, 0.15) is 19.3 Å². The molecule has 2 saturated carbocycles. The Hall–Kier alpha value is -1.04. The minimum absolute atomic E-state index is 0.0750. The van der Waals surface area contributed by atoms with Crippen molar-refractivity contribution >= 4 is 16.1 Å². The number of hydrogen-bond acceptors (Lipinski definition) is 3. The van der Waals surface area contributed by atoms with Crippen molar-refractivity contribution in [3.05, 3.63) is 12.7 Å². The smallest absolute Gasteiger partial charge is 0.328 e. The maximum atomic E-state index is 11.9. The molecule has 0 radical (unpaired) electrons. The van der Waals surface area contributed by atoms with Crippen LogP contribution in [0.5, 0.6) is 0 Å². The molecule has 84 valence electrons. The van der Waals surface area contributed by atoms with E-state index in [0.717, 1.165) is 4.31 Å². The molecular weight excluding hydrogens is 216 g/mol. The van der Waals surface area contributed by atoms with Crippen LogP contribution in [0.2, 0.25) is 0 Å². The van der Waals surface area contributed by atoms with Crippen molar-refractivity contribution in [2.75, 3.05) is 0 Å². The first-order valence-corrected chi connectivity index (χ1v) is 6.44. The van der Waals surface area contributed by atoms with Gasteiger partial charge in [0.15, 0.2) is 0 Å². The molecule has 2 rings (SSSR count). The molecule has 2 atom stereocenters. The summed E-state index contributed by atoms with van der Waals surface area (Å²) in [5, 5.41) is -0.393. The molecule has 6 heteroatoms. The maximum Gasteiger partial charge on any atom is 0.328 e. The fourth-order valence-corrected chi connectivity index (χ4v) is 3.65. The number of nitrogens with two attached hydrogens (primary N) is 1. The summed E-state index contributed by atoms with van der Waals surface area (Å²) in [7, 11) is -3.50. The first kappa shape index (κ1) is 10.5. The number of nitrogens with zero attached hydrogens (tertiary/aromatic N) is 1. The molecule has 0 aliphatic heterocycles. The van der Waals surface area contributed by atoms with Crippen molar-refractivity contribution in [3.63, 3.8) is 0 Å². The zero-order valence-corrected chi connectivity index (χ0v) is 9.11. The second-order valence-electron chi connectivity index (χ2n) is 4.08. The van der Waals surface area contributed by atoms with Gasteiger partial charge in [-0.05, 0) is 19.3 Å². The van der Waals surface area contributed by atoms with Gasteiger partial charge in [-0.2, -0.15) is 0 Å². The highest BCUT2D eigenvalue weighted by Gasteiger charge is 2.51. The molecule has 2 unspecified atom stereocenters. The summed E-state index contributed by atoms with van der Waals surface area (Å²) >= 11 is 0. The van der Waals surface area contributed by atoms with Crippen LogP contribution in [0.3, 0.4) is 0 Å². The summed E-state index contributed by atoms with van der Waals surface area (Å²) < 4.78 is 24.6. The van der Waals surface area contributed by atoms with E-state index in [2.05, 4.69) is 6.58 Å². The Morgan fingerprint density at radius 1 is 1.47 bits per heavy atom. The third kappa shape index (κ3) is 1.73. The SMILES string of the molecule is C=CC1CC1N(C(N)=O)S(=O)(=O)C1CC1. The van der Waals surface area contributed by atoms with Gasteiger partial charge in [-0.3, -0.25) is 0 Å². The molecule has 0 aromatic rings. The second-order valence-corrected chi connectivity index (χ2v) is 6.17. The van der Waals surface area contributed by atoms with Gasteiger partial charge in [0.2, 0.25) is 10.0 Å². The van der Waals surface area contributed by atoms with Crippen molar-refractivity contribution in [1.82, 2.24) is 4.31 Å². The van der Waals surface area contributed by atoms with E-state index in [1.807, 2.05) is 0 Å². The van der Waals surface area contributed by atoms with Gasteiger partial charge >= 0.3 is 6.03 Å². The van der Waals surface area contributed by atoms with E-state index in [-0.39, 0.29) is 12.0 Å². The largest absolute Gasteiger partial charge is 0.351 e. The van der Waals surface area contributed by atoms with Crippen LogP contribution in [0.4, 0.5) is 4.79 Å². The minimum Gasteiger partial charge on any atom is -0.351 e. The van der Waals surface area contributed by atoms with Gasteiger partial charge in [0.05, 0.1) is 11.3 Å². The fourth-order valence-electron chi connectivity index (χ4n) is 1.73. The van der Waals surface area contributed by atoms with Crippen molar-refractivity contribution < 1.29 is 13.2 Å². The average Bonchev–Trinajstić information content (AvgIpc) is 2.99. The predicted molar refractivity (Wildman–Crippen MR) is 55.5 cm³/mol. The molecule has 0 bridgehead atoms. The third-order valence-corrected chi connectivity index (χ3v) is 5.16. The highest BCUT2D eigenvalue weighted by molar-refractivity contribution is 7.90. The Morgan fingerprint density at radius 3 is 2.40 bits per heavy atom. The zero-order chi connectivity index (χ0) is 11.2. The summed E-state index contributed by atoms with van der Waals surface area (Å²) in [5.74, 6) is 0.0750. The lowest BCUT2D eigenvalue weighted by Gasteiger charge is -2.19. The van der Waals surface area contributed by atoms with E-state index in [1.165, 1.54) is 0 Å². The molecular formula is C9H14N2O3S. The van der Waals surface area contributed by atoms with Gasteiger partial charge in [0.1, 0.15) is 0 Å². The number of carbonyl (C=O) groups is 1. The molecule has 2 fully saturated rings. The van der Waals surface area contributed by atoms with Crippen LogP contribution in [-0.4, -0.2) is 30.0 Å². The quantitative estimate of drug-likeness (QED) is 0.711. The molecule has 15 heavy (non-hydrogen) atoms. The van der Waals surface area contributed by atoms with E-state index in [9.17, 15) is 13.2 Å². The number of amides is 2. The van der Waals surface area contributed by atoms with Gasteiger partial charge in [-0.25, -0.2) is 17.5 Å².